The summed E-state index contributed by atoms with van der Waals surface area (Å²) in [6.07, 6.45) is 7.98. The van der Waals surface area contributed by atoms with Crippen LogP contribution < -0.4 is 0 Å². The molecule has 0 N–H and O–H groups in total. The Morgan fingerprint density at radius 2 is 1.86 bits per heavy atom. The van der Waals surface area contributed by atoms with Crippen LogP contribution in [0.5, 0.6) is 0 Å². The third-order valence-corrected chi connectivity index (χ3v) is 3.77. The van der Waals surface area contributed by atoms with Crippen molar-refractivity contribution in [1.29, 1.82) is 0 Å². The van der Waals surface area contributed by atoms with Crippen molar-refractivity contribution in [3.63, 3.8) is 0 Å². The van der Waals surface area contributed by atoms with Gasteiger partial charge in [-0.05, 0) is 23.8 Å². The highest BCUT2D eigenvalue weighted by Gasteiger charge is 2.09. The number of hydrogen-bond donors (Lipinski definition) is 0. The highest BCUT2D eigenvalue weighted by atomic mass is 79.9. The summed E-state index contributed by atoms with van der Waals surface area (Å²) in [7, 11) is 1.96. The lowest BCUT2D eigenvalue weighted by Crippen LogP contribution is -2.08. The maximum absolute atomic E-state index is 13.4. The molecular formula is C15H14BrFN4. The molecule has 0 aliphatic rings. The molecule has 0 fully saturated rings. The molecule has 0 radical (unpaired) electrons. The Morgan fingerprint density at radius 1 is 1.10 bits per heavy atom. The maximum Gasteiger partial charge on any atom is 0.124 e. The van der Waals surface area contributed by atoms with Gasteiger partial charge in [0.2, 0.25) is 0 Å². The topological polar surface area (TPSA) is 35.6 Å². The van der Waals surface area contributed by atoms with Crippen molar-refractivity contribution in [1.82, 2.24) is 19.1 Å². The first kappa shape index (κ1) is 14.0. The smallest absolute Gasteiger partial charge is 0.124 e. The minimum atomic E-state index is -0.245. The third kappa shape index (κ3) is 3.21. The van der Waals surface area contributed by atoms with Gasteiger partial charge < -0.3 is 9.13 Å². The average molecular weight is 349 g/mol. The first-order chi connectivity index (χ1) is 10.1. The highest BCUT2D eigenvalue weighted by molar-refractivity contribution is 9.10. The van der Waals surface area contributed by atoms with Gasteiger partial charge in [0.15, 0.2) is 0 Å². The van der Waals surface area contributed by atoms with Crippen LogP contribution >= 0.6 is 15.9 Å². The summed E-state index contributed by atoms with van der Waals surface area (Å²) in [5.41, 5.74) is 0.890. The van der Waals surface area contributed by atoms with E-state index in [1.807, 2.05) is 34.6 Å². The van der Waals surface area contributed by atoms with Gasteiger partial charge in [-0.3, -0.25) is 0 Å². The Kier molecular flexibility index (Phi) is 3.88. The van der Waals surface area contributed by atoms with Crippen LogP contribution in [-0.2, 0) is 20.0 Å². The normalized spacial score (nSPS) is 11.0. The number of rotatable bonds is 4. The molecule has 108 valence electrons. The quantitative estimate of drug-likeness (QED) is 0.725. The van der Waals surface area contributed by atoms with Crippen LogP contribution in [0, 0.1) is 5.82 Å². The first-order valence-corrected chi connectivity index (χ1v) is 7.32. The number of aromatic nitrogens is 4. The molecule has 0 bridgehead atoms. The van der Waals surface area contributed by atoms with Crippen LogP contribution in [-0.4, -0.2) is 19.1 Å². The molecule has 0 saturated carbocycles. The minimum absolute atomic E-state index is 0.245. The molecule has 2 heterocycles. The van der Waals surface area contributed by atoms with E-state index in [2.05, 4.69) is 25.9 Å². The number of aryl methyl sites for hydroxylation is 1. The van der Waals surface area contributed by atoms with Crippen LogP contribution in [0.3, 0.4) is 0 Å². The van der Waals surface area contributed by atoms with Crippen LogP contribution in [0.25, 0.3) is 0 Å². The van der Waals surface area contributed by atoms with Gasteiger partial charge in [0.1, 0.15) is 17.5 Å². The fourth-order valence-electron chi connectivity index (χ4n) is 2.26. The van der Waals surface area contributed by atoms with Crippen molar-refractivity contribution in [2.45, 2.75) is 13.0 Å². The molecule has 1 aromatic carbocycles. The molecule has 2 aromatic heterocycles. The molecular weight excluding hydrogens is 335 g/mol. The zero-order valence-electron chi connectivity index (χ0n) is 11.5. The summed E-state index contributed by atoms with van der Waals surface area (Å²) in [4.78, 5) is 8.69. The van der Waals surface area contributed by atoms with E-state index in [1.165, 1.54) is 12.1 Å². The largest absolute Gasteiger partial charge is 0.338 e. The van der Waals surface area contributed by atoms with E-state index in [9.17, 15) is 4.39 Å². The molecule has 0 saturated heterocycles. The van der Waals surface area contributed by atoms with Gasteiger partial charge in [-0.25, -0.2) is 14.4 Å². The van der Waals surface area contributed by atoms with Gasteiger partial charge in [-0.2, -0.15) is 0 Å². The Bertz CT molecular complexity index is 742. The molecule has 4 nitrogen and oxygen atoms in total. The van der Waals surface area contributed by atoms with E-state index < -0.39 is 0 Å². The summed E-state index contributed by atoms with van der Waals surface area (Å²) in [5, 5.41) is 0. The van der Waals surface area contributed by atoms with E-state index in [0.717, 1.165) is 21.7 Å². The van der Waals surface area contributed by atoms with E-state index in [-0.39, 0.29) is 5.82 Å². The second-order valence-electron chi connectivity index (χ2n) is 4.88. The van der Waals surface area contributed by atoms with E-state index in [1.54, 1.807) is 12.4 Å². The molecule has 0 aliphatic heterocycles. The molecule has 0 amide bonds. The molecule has 6 heteroatoms. The fraction of sp³-hybridized carbons (Fsp3) is 0.200. The summed E-state index contributed by atoms with van der Waals surface area (Å²) in [6, 6.07) is 4.90. The second-order valence-corrected chi connectivity index (χ2v) is 5.80. The Hall–Kier alpha value is -1.95. The number of nitrogens with zero attached hydrogens (tertiary/aromatic N) is 4. The van der Waals surface area contributed by atoms with Crippen molar-refractivity contribution >= 4 is 15.9 Å². The van der Waals surface area contributed by atoms with Crippen LogP contribution in [0.2, 0.25) is 0 Å². The Balaban J connectivity index is 1.84. The monoisotopic (exact) mass is 348 g/mol. The van der Waals surface area contributed by atoms with Gasteiger partial charge in [0.05, 0.1) is 6.42 Å². The summed E-state index contributed by atoms with van der Waals surface area (Å²) in [6.45, 7) is 0.579. The van der Waals surface area contributed by atoms with Gasteiger partial charge >= 0.3 is 0 Å². The summed E-state index contributed by atoms with van der Waals surface area (Å²) >= 11 is 3.32. The van der Waals surface area contributed by atoms with Crippen LogP contribution in [0.15, 0.2) is 47.5 Å². The highest BCUT2D eigenvalue weighted by Crippen LogP contribution is 2.17. The predicted octanol–water partition coefficient (Wildman–Crippen LogP) is 3.16. The number of hydrogen-bond acceptors (Lipinski definition) is 2. The lowest BCUT2D eigenvalue weighted by Gasteiger charge is -2.09. The van der Waals surface area contributed by atoms with Crippen molar-refractivity contribution in [3.8, 4) is 0 Å². The maximum atomic E-state index is 13.4. The van der Waals surface area contributed by atoms with E-state index in [4.69, 9.17) is 0 Å². The molecule has 0 atom stereocenters. The zero-order valence-corrected chi connectivity index (χ0v) is 13.1. The summed E-state index contributed by atoms with van der Waals surface area (Å²) < 4.78 is 18.2. The van der Waals surface area contributed by atoms with Gasteiger partial charge in [-0.15, -0.1) is 0 Å². The summed E-state index contributed by atoms with van der Waals surface area (Å²) in [5.74, 6) is 1.61. The van der Waals surface area contributed by atoms with Gasteiger partial charge in [0.25, 0.3) is 0 Å². The van der Waals surface area contributed by atoms with E-state index in [0.29, 0.717) is 13.0 Å². The van der Waals surface area contributed by atoms with Crippen molar-refractivity contribution in [3.05, 3.63) is 70.5 Å². The minimum Gasteiger partial charge on any atom is -0.338 e. The van der Waals surface area contributed by atoms with Crippen molar-refractivity contribution in [2.24, 2.45) is 7.05 Å². The number of imidazole rings is 2. The molecule has 0 unspecified atom stereocenters. The molecule has 3 aromatic rings. The Morgan fingerprint density at radius 3 is 2.57 bits per heavy atom. The molecule has 0 aliphatic carbocycles. The van der Waals surface area contributed by atoms with Gasteiger partial charge in [0, 0.05) is 42.9 Å². The van der Waals surface area contributed by atoms with Crippen molar-refractivity contribution in [2.75, 3.05) is 0 Å². The average Bonchev–Trinajstić information content (AvgIpc) is 3.00. The van der Waals surface area contributed by atoms with Crippen LogP contribution in [0.1, 0.15) is 17.2 Å². The van der Waals surface area contributed by atoms with Crippen molar-refractivity contribution < 1.29 is 4.39 Å². The standard InChI is InChI=1S/C15H14BrFN4/c1-20-4-2-18-14(20)9-15-19-3-5-21(15)10-11-6-12(16)8-13(17)7-11/h2-8H,9-10H2,1H3. The zero-order chi connectivity index (χ0) is 14.8. The molecule has 0 spiro atoms. The molecule has 3 rings (SSSR count). The Labute approximate surface area is 130 Å². The second kappa shape index (κ2) is 5.81. The number of halogens is 2. The lowest BCUT2D eigenvalue weighted by atomic mass is 10.2. The third-order valence-electron chi connectivity index (χ3n) is 3.31. The van der Waals surface area contributed by atoms with Crippen LogP contribution in [0.4, 0.5) is 4.39 Å². The van der Waals surface area contributed by atoms with E-state index >= 15 is 0 Å². The predicted molar refractivity (Wildman–Crippen MR) is 81.4 cm³/mol. The lowest BCUT2D eigenvalue weighted by molar-refractivity contribution is 0.621. The fourth-order valence-corrected chi connectivity index (χ4v) is 2.77. The number of benzene rings is 1. The molecule has 21 heavy (non-hydrogen) atoms. The SMILES string of the molecule is Cn1ccnc1Cc1nccn1Cc1cc(F)cc(Br)c1. The van der Waals surface area contributed by atoms with Gasteiger partial charge in [-0.1, -0.05) is 15.9 Å². The first-order valence-electron chi connectivity index (χ1n) is 6.53.